The second kappa shape index (κ2) is 12.1. The number of fused-ring (bicyclic) bond motifs is 1. The smallest absolute Gasteiger partial charge is 0.264 e. The van der Waals surface area contributed by atoms with Crippen molar-refractivity contribution in [3.05, 3.63) is 118 Å². The lowest BCUT2D eigenvalue weighted by Gasteiger charge is -2.23. The van der Waals surface area contributed by atoms with Gasteiger partial charge in [-0.25, -0.2) is 16.8 Å². The number of hydrogen-bond acceptors (Lipinski definition) is 5. The highest BCUT2D eigenvalue weighted by Crippen LogP contribution is 2.35. The van der Waals surface area contributed by atoms with Crippen molar-refractivity contribution in [2.45, 2.75) is 29.7 Å². The minimum absolute atomic E-state index is 0.0496. The Morgan fingerprint density at radius 1 is 0.881 bits per heavy atom. The molecule has 1 heterocycles. The van der Waals surface area contributed by atoms with Crippen LogP contribution in [0.2, 0.25) is 10.0 Å². The second-order valence-electron chi connectivity index (χ2n) is 9.85. The molecule has 0 atom stereocenters. The molecular formula is C30H27Cl2N3O5S2. The molecule has 0 spiro atoms. The number of nitrogens with one attached hydrogen (secondary N) is 1. The van der Waals surface area contributed by atoms with E-state index < -0.39 is 32.5 Å². The molecule has 4 aromatic rings. The molecule has 0 fully saturated rings. The van der Waals surface area contributed by atoms with Gasteiger partial charge in [-0.05, 0) is 79.1 Å². The summed E-state index contributed by atoms with van der Waals surface area (Å²) in [6.07, 6.45) is 0.511. The predicted molar refractivity (Wildman–Crippen MR) is 165 cm³/mol. The number of sulfonamides is 2. The van der Waals surface area contributed by atoms with Gasteiger partial charge in [-0.3, -0.25) is 9.10 Å². The number of carbonyl (C=O) groups is 1. The molecule has 1 amide bonds. The number of aryl methyl sites for hydroxylation is 1. The number of hydrogen-bond donors (Lipinski definition) is 1. The van der Waals surface area contributed by atoms with Crippen molar-refractivity contribution in [3.63, 3.8) is 0 Å². The number of amides is 1. The molecule has 0 bridgehead atoms. The molecular weight excluding hydrogens is 617 g/mol. The first-order chi connectivity index (χ1) is 19.9. The van der Waals surface area contributed by atoms with Gasteiger partial charge in [0.2, 0.25) is 15.9 Å². The molecule has 42 heavy (non-hydrogen) atoms. The zero-order valence-corrected chi connectivity index (χ0v) is 25.6. The molecule has 1 aliphatic rings. The summed E-state index contributed by atoms with van der Waals surface area (Å²) in [5.41, 5.74) is 3.04. The highest BCUT2D eigenvalue weighted by molar-refractivity contribution is 7.92. The number of rotatable bonds is 9. The summed E-state index contributed by atoms with van der Waals surface area (Å²) in [6, 6.07) is 24.1. The molecule has 1 N–H and O–H groups in total. The van der Waals surface area contributed by atoms with Gasteiger partial charge in [0.25, 0.3) is 10.0 Å². The minimum atomic E-state index is -4.07. The summed E-state index contributed by atoms with van der Waals surface area (Å²) >= 11 is 12.3. The summed E-state index contributed by atoms with van der Waals surface area (Å²) in [4.78, 5) is 13.4. The first-order valence-corrected chi connectivity index (χ1v) is 16.6. The summed E-state index contributed by atoms with van der Waals surface area (Å²) < 4.78 is 56.4. The Bertz CT molecular complexity index is 1850. The van der Waals surface area contributed by atoms with Crippen LogP contribution in [0.15, 0.2) is 101 Å². The maximum absolute atomic E-state index is 13.6. The van der Waals surface area contributed by atoms with Gasteiger partial charge in [0.15, 0.2) is 0 Å². The van der Waals surface area contributed by atoms with Gasteiger partial charge in [-0.15, -0.1) is 0 Å². The lowest BCUT2D eigenvalue weighted by molar-refractivity contribution is -0.116. The third kappa shape index (κ3) is 6.33. The van der Waals surface area contributed by atoms with Crippen LogP contribution in [0, 0.1) is 6.92 Å². The first kappa shape index (κ1) is 30.1. The summed E-state index contributed by atoms with van der Waals surface area (Å²) in [7, 11) is -7.94. The Morgan fingerprint density at radius 2 is 1.55 bits per heavy atom. The zero-order valence-electron chi connectivity index (χ0n) is 22.5. The van der Waals surface area contributed by atoms with Gasteiger partial charge < -0.3 is 5.32 Å². The van der Waals surface area contributed by atoms with Crippen LogP contribution in [0.1, 0.15) is 16.7 Å². The van der Waals surface area contributed by atoms with E-state index in [0.717, 1.165) is 15.4 Å². The van der Waals surface area contributed by atoms with Gasteiger partial charge >= 0.3 is 0 Å². The number of nitrogens with zero attached hydrogens (tertiary/aromatic N) is 2. The van der Waals surface area contributed by atoms with E-state index in [1.165, 1.54) is 40.7 Å². The van der Waals surface area contributed by atoms with E-state index in [9.17, 15) is 21.6 Å². The quantitative estimate of drug-likeness (QED) is 0.245. The highest BCUT2D eigenvalue weighted by Gasteiger charge is 2.32. The fraction of sp³-hybridized carbons (Fsp3) is 0.167. The summed E-state index contributed by atoms with van der Waals surface area (Å²) in [5, 5.41) is 3.54. The van der Waals surface area contributed by atoms with Crippen LogP contribution >= 0.6 is 23.2 Å². The number of anilines is 2. The van der Waals surface area contributed by atoms with Crippen LogP contribution < -0.4 is 9.62 Å². The summed E-state index contributed by atoms with van der Waals surface area (Å²) in [5.74, 6) is -0.595. The molecule has 5 rings (SSSR count). The van der Waals surface area contributed by atoms with Crippen molar-refractivity contribution in [2.24, 2.45) is 0 Å². The van der Waals surface area contributed by atoms with Gasteiger partial charge in [0.1, 0.15) is 0 Å². The third-order valence-corrected chi connectivity index (χ3v) is 11.2. The zero-order chi connectivity index (χ0) is 30.1. The van der Waals surface area contributed by atoms with E-state index in [-0.39, 0.29) is 22.9 Å². The molecule has 4 aromatic carbocycles. The Morgan fingerprint density at radius 3 is 2.24 bits per heavy atom. The molecule has 0 aromatic heterocycles. The Hall–Kier alpha value is -3.41. The molecule has 12 heteroatoms. The van der Waals surface area contributed by atoms with Crippen molar-refractivity contribution >= 4 is 60.5 Å². The Balaban J connectivity index is 1.40. The molecule has 8 nitrogen and oxygen atoms in total. The monoisotopic (exact) mass is 643 g/mol. The largest absolute Gasteiger partial charge is 0.325 e. The maximum atomic E-state index is 13.6. The van der Waals surface area contributed by atoms with Crippen LogP contribution in [0.25, 0.3) is 0 Å². The standard InChI is InChI=1S/C30H27Cl2N3O5S2/c1-21-6-12-26(13-7-21)41(37,38)34(19-23-4-2-3-5-28(23)32)20-30(36)33-25-11-8-22-16-17-35(29(22)18-25)42(39,40)27-14-9-24(31)10-15-27/h2-15,18H,16-17,19-20H2,1H3,(H,33,36). The van der Waals surface area contributed by atoms with Crippen molar-refractivity contribution in [1.29, 1.82) is 0 Å². The molecule has 0 unspecified atom stereocenters. The van der Waals surface area contributed by atoms with E-state index in [4.69, 9.17) is 23.2 Å². The van der Waals surface area contributed by atoms with Gasteiger partial charge in [-0.2, -0.15) is 4.31 Å². The molecule has 218 valence electrons. The van der Waals surface area contributed by atoms with Crippen LogP contribution in [-0.4, -0.2) is 40.1 Å². The molecule has 0 radical (unpaired) electrons. The average molecular weight is 645 g/mol. The van der Waals surface area contributed by atoms with Crippen LogP contribution in [-0.2, 0) is 37.8 Å². The summed E-state index contributed by atoms with van der Waals surface area (Å²) in [6.45, 7) is 1.48. The van der Waals surface area contributed by atoms with Crippen molar-refractivity contribution in [2.75, 3.05) is 22.7 Å². The Kier molecular flexibility index (Phi) is 8.63. The van der Waals surface area contributed by atoms with E-state index >= 15 is 0 Å². The molecule has 1 aliphatic heterocycles. The minimum Gasteiger partial charge on any atom is -0.325 e. The molecule has 0 saturated heterocycles. The second-order valence-corrected chi connectivity index (χ2v) is 14.5. The Labute approximate surface area is 255 Å². The van der Waals surface area contributed by atoms with E-state index in [1.807, 2.05) is 6.92 Å². The van der Waals surface area contributed by atoms with E-state index in [2.05, 4.69) is 5.32 Å². The lowest BCUT2D eigenvalue weighted by atomic mass is 10.1. The number of halogens is 2. The number of carbonyl (C=O) groups excluding carboxylic acids is 1. The SMILES string of the molecule is Cc1ccc(S(=O)(=O)N(CC(=O)Nc2ccc3c(c2)N(S(=O)(=O)c2ccc(Cl)cc2)CC3)Cc2ccccc2Cl)cc1. The van der Waals surface area contributed by atoms with E-state index in [1.54, 1.807) is 54.6 Å². The molecule has 0 saturated carbocycles. The van der Waals surface area contributed by atoms with E-state index in [0.29, 0.717) is 33.4 Å². The third-order valence-electron chi connectivity index (χ3n) is 6.91. The maximum Gasteiger partial charge on any atom is 0.264 e. The van der Waals surface area contributed by atoms with Gasteiger partial charge in [0, 0.05) is 28.8 Å². The van der Waals surface area contributed by atoms with Crippen molar-refractivity contribution < 1.29 is 21.6 Å². The first-order valence-electron chi connectivity index (χ1n) is 13.0. The van der Waals surface area contributed by atoms with Crippen LogP contribution in [0.3, 0.4) is 0 Å². The fourth-order valence-electron chi connectivity index (χ4n) is 4.67. The van der Waals surface area contributed by atoms with Gasteiger partial charge in [-0.1, -0.05) is 65.2 Å². The number of benzene rings is 4. The van der Waals surface area contributed by atoms with Crippen molar-refractivity contribution in [1.82, 2.24) is 4.31 Å². The lowest BCUT2D eigenvalue weighted by Crippen LogP contribution is -2.37. The van der Waals surface area contributed by atoms with Crippen molar-refractivity contribution in [3.8, 4) is 0 Å². The van der Waals surface area contributed by atoms with Crippen LogP contribution in [0.5, 0.6) is 0 Å². The molecule has 0 aliphatic carbocycles. The van der Waals surface area contributed by atoms with Gasteiger partial charge in [0.05, 0.1) is 22.0 Å². The topological polar surface area (TPSA) is 104 Å². The normalized spacial score (nSPS) is 13.3. The predicted octanol–water partition coefficient (Wildman–Crippen LogP) is 5.88. The fourth-order valence-corrected chi connectivity index (χ4v) is 7.86. The average Bonchev–Trinajstić information content (AvgIpc) is 3.38. The highest BCUT2D eigenvalue weighted by atomic mass is 35.5. The van der Waals surface area contributed by atoms with Crippen LogP contribution in [0.4, 0.5) is 11.4 Å².